The van der Waals surface area contributed by atoms with E-state index in [1.54, 1.807) is 31.5 Å². The molecule has 0 radical (unpaired) electrons. The van der Waals surface area contributed by atoms with Crippen molar-refractivity contribution in [3.8, 4) is 5.75 Å². The molecule has 1 aromatic heterocycles. The summed E-state index contributed by atoms with van der Waals surface area (Å²) in [6, 6.07) is 14.8. The molecule has 1 N–H and O–H groups in total. The first-order valence-electron chi connectivity index (χ1n) is 7.29. The molecule has 0 aliphatic rings. The lowest BCUT2D eigenvalue weighted by Crippen LogP contribution is -2.12. The van der Waals surface area contributed by atoms with Crippen molar-refractivity contribution >= 4 is 34.0 Å². The van der Waals surface area contributed by atoms with E-state index in [9.17, 15) is 4.79 Å². The first-order chi connectivity index (χ1) is 11.7. The number of halogens is 1. The Morgan fingerprint density at radius 3 is 2.71 bits per heavy atom. The van der Waals surface area contributed by atoms with Gasteiger partial charge in [0.05, 0.1) is 12.7 Å². The Balaban J connectivity index is 1.69. The van der Waals surface area contributed by atoms with E-state index in [1.807, 2.05) is 30.3 Å². The molecule has 0 saturated heterocycles. The van der Waals surface area contributed by atoms with Gasteiger partial charge in [-0.2, -0.15) is 0 Å². The molecular formula is C18H15ClN2O2S. The van der Waals surface area contributed by atoms with Gasteiger partial charge in [0.15, 0.2) is 5.13 Å². The molecule has 0 atom stereocenters. The molecular weight excluding hydrogens is 344 g/mol. The quantitative estimate of drug-likeness (QED) is 0.722. The maximum absolute atomic E-state index is 12.4. The number of amides is 1. The molecule has 0 fully saturated rings. The van der Waals surface area contributed by atoms with Crippen molar-refractivity contribution in [2.24, 2.45) is 0 Å². The maximum Gasteiger partial charge on any atom is 0.261 e. The number of ether oxygens (including phenoxy) is 1. The summed E-state index contributed by atoms with van der Waals surface area (Å²) >= 11 is 7.34. The number of hydrogen-bond acceptors (Lipinski definition) is 4. The van der Waals surface area contributed by atoms with Gasteiger partial charge in [-0.15, -0.1) is 11.3 Å². The fourth-order valence-electron chi connectivity index (χ4n) is 2.25. The summed E-state index contributed by atoms with van der Waals surface area (Å²) in [6.07, 6.45) is 2.52. The van der Waals surface area contributed by atoms with Crippen molar-refractivity contribution in [1.29, 1.82) is 0 Å². The number of carbonyl (C=O) groups is 1. The first kappa shape index (κ1) is 16.5. The van der Waals surface area contributed by atoms with Crippen LogP contribution in [0.1, 0.15) is 20.8 Å². The minimum absolute atomic E-state index is 0.236. The second-order valence-electron chi connectivity index (χ2n) is 5.09. The third kappa shape index (κ3) is 3.93. The Hall–Kier alpha value is -2.37. The van der Waals surface area contributed by atoms with Gasteiger partial charge in [0.25, 0.3) is 5.91 Å². The molecule has 0 unspecified atom stereocenters. The van der Waals surface area contributed by atoms with Gasteiger partial charge < -0.3 is 4.74 Å². The van der Waals surface area contributed by atoms with E-state index in [-0.39, 0.29) is 5.91 Å². The van der Waals surface area contributed by atoms with Gasteiger partial charge in [0.1, 0.15) is 5.75 Å². The van der Waals surface area contributed by atoms with E-state index in [2.05, 4.69) is 10.3 Å². The molecule has 2 aromatic carbocycles. The Kier molecular flexibility index (Phi) is 5.13. The molecule has 0 spiro atoms. The number of hydrogen-bond donors (Lipinski definition) is 1. The minimum atomic E-state index is -0.236. The largest absolute Gasteiger partial charge is 0.496 e. The standard InChI is InChI=1S/C18H15ClN2O2S/c1-23-16-5-3-2-4-15(16)17(22)21-18-20-11-14(24-18)10-12-6-8-13(19)9-7-12/h2-9,11H,10H2,1H3,(H,20,21,22). The van der Waals surface area contributed by atoms with E-state index in [0.29, 0.717) is 21.5 Å². The number of benzene rings is 2. The molecule has 1 heterocycles. The molecule has 0 saturated carbocycles. The molecule has 1 amide bonds. The highest BCUT2D eigenvalue weighted by Crippen LogP contribution is 2.24. The number of aromatic nitrogens is 1. The van der Waals surface area contributed by atoms with E-state index in [1.165, 1.54) is 11.3 Å². The predicted octanol–water partition coefficient (Wildman–Crippen LogP) is 4.65. The third-order valence-corrected chi connectivity index (χ3v) is 4.58. The third-order valence-electron chi connectivity index (χ3n) is 3.42. The number of thiazole rings is 1. The smallest absolute Gasteiger partial charge is 0.261 e. The van der Waals surface area contributed by atoms with Gasteiger partial charge in [-0.05, 0) is 29.8 Å². The van der Waals surface area contributed by atoms with Gasteiger partial charge in [-0.3, -0.25) is 10.1 Å². The molecule has 0 aliphatic carbocycles. The number of carbonyl (C=O) groups excluding carboxylic acids is 1. The highest BCUT2D eigenvalue weighted by molar-refractivity contribution is 7.15. The van der Waals surface area contributed by atoms with Gasteiger partial charge >= 0.3 is 0 Å². The van der Waals surface area contributed by atoms with Gasteiger partial charge in [0.2, 0.25) is 0 Å². The van der Waals surface area contributed by atoms with Crippen LogP contribution in [0, 0.1) is 0 Å². The van der Waals surface area contributed by atoms with Crippen molar-refractivity contribution in [1.82, 2.24) is 4.98 Å². The fourth-order valence-corrected chi connectivity index (χ4v) is 3.21. The Bertz CT molecular complexity index is 846. The second kappa shape index (κ2) is 7.47. The second-order valence-corrected chi connectivity index (χ2v) is 6.64. The number of methoxy groups -OCH3 is 1. The Labute approximate surface area is 149 Å². The van der Waals surface area contributed by atoms with Crippen molar-refractivity contribution in [3.05, 3.63) is 75.8 Å². The van der Waals surface area contributed by atoms with Crippen LogP contribution in [0.3, 0.4) is 0 Å². The van der Waals surface area contributed by atoms with Crippen LogP contribution in [0.2, 0.25) is 5.02 Å². The zero-order chi connectivity index (χ0) is 16.9. The van der Waals surface area contributed by atoms with E-state index >= 15 is 0 Å². The monoisotopic (exact) mass is 358 g/mol. The topological polar surface area (TPSA) is 51.2 Å². The number of rotatable bonds is 5. The highest BCUT2D eigenvalue weighted by Gasteiger charge is 2.13. The van der Waals surface area contributed by atoms with E-state index in [0.717, 1.165) is 16.9 Å². The molecule has 0 aliphatic heterocycles. The first-order valence-corrected chi connectivity index (χ1v) is 8.48. The van der Waals surface area contributed by atoms with Crippen LogP contribution >= 0.6 is 22.9 Å². The summed E-state index contributed by atoms with van der Waals surface area (Å²) in [7, 11) is 1.54. The average Bonchev–Trinajstić information content (AvgIpc) is 3.03. The summed E-state index contributed by atoms with van der Waals surface area (Å²) in [5.41, 5.74) is 1.63. The lowest BCUT2D eigenvalue weighted by Gasteiger charge is -2.06. The number of para-hydroxylation sites is 1. The van der Waals surface area contributed by atoms with Gasteiger partial charge in [-0.25, -0.2) is 4.98 Å². The van der Waals surface area contributed by atoms with E-state index in [4.69, 9.17) is 16.3 Å². The number of nitrogens with one attached hydrogen (secondary N) is 1. The van der Waals surface area contributed by atoms with Crippen molar-refractivity contribution in [2.75, 3.05) is 12.4 Å². The van der Waals surface area contributed by atoms with Crippen LogP contribution in [0.5, 0.6) is 5.75 Å². The highest BCUT2D eigenvalue weighted by atomic mass is 35.5. The zero-order valence-corrected chi connectivity index (χ0v) is 14.5. The summed E-state index contributed by atoms with van der Waals surface area (Å²) < 4.78 is 5.21. The van der Waals surface area contributed by atoms with Gasteiger partial charge in [-0.1, -0.05) is 35.9 Å². The summed E-state index contributed by atoms with van der Waals surface area (Å²) in [5, 5.41) is 4.10. The minimum Gasteiger partial charge on any atom is -0.496 e. The lowest BCUT2D eigenvalue weighted by atomic mass is 10.1. The average molecular weight is 359 g/mol. The molecule has 6 heteroatoms. The Morgan fingerprint density at radius 2 is 1.96 bits per heavy atom. The molecule has 0 bridgehead atoms. The van der Waals surface area contributed by atoms with Gasteiger partial charge in [0, 0.05) is 22.5 Å². The number of anilines is 1. The molecule has 3 rings (SSSR count). The fraction of sp³-hybridized carbons (Fsp3) is 0.111. The van der Waals surface area contributed by atoms with Crippen LogP contribution in [0.4, 0.5) is 5.13 Å². The summed E-state index contributed by atoms with van der Waals surface area (Å²) in [4.78, 5) is 17.7. The van der Waals surface area contributed by atoms with Crippen LogP contribution in [-0.4, -0.2) is 18.0 Å². The van der Waals surface area contributed by atoms with Crippen LogP contribution in [0.25, 0.3) is 0 Å². The van der Waals surface area contributed by atoms with Crippen molar-refractivity contribution in [2.45, 2.75) is 6.42 Å². The molecule has 122 valence electrons. The maximum atomic E-state index is 12.4. The lowest BCUT2D eigenvalue weighted by molar-refractivity contribution is 0.102. The van der Waals surface area contributed by atoms with Crippen LogP contribution in [-0.2, 0) is 6.42 Å². The summed E-state index contributed by atoms with van der Waals surface area (Å²) in [5.74, 6) is 0.299. The number of nitrogens with zero attached hydrogens (tertiary/aromatic N) is 1. The van der Waals surface area contributed by atoms with Crippen molar-refractivity contribution in [3.63, 3.8) is 0 Å². The normalized spacial score (nSPS) is 10.4. The zero-order valence-electron chi connectivity index (χ0n) is 13.0. The van der Waals surface area contributed by atoms with Crippen LogP contribution in [0.15, 0.2) is 54.7 Å². The molecule has 3 aromatic rings. The summed E-state index contributed by atoms with van der Waals surface area (Å²) in [6.45, 7) is 0. The Morgan fingerprint density at radius 1 is 1.21 bits per heavy atom. The van der Waals surface area contributed by atoms with Crippen molar-refractivity contribution < 1.29 is 9.53 Å². The molecule has 4 nitrogen and oxygen atoms in total. The van der Waals surface area contributed by atoms with Crippen LogP contribution < -0.4 is 10.1 Å². The van der Waals surface area contributed by atoms with E-state index < -0.39 is 0 Å². The SMILES string of the molecule is COc1ccccc1C(=O)Nc1ncc(Cc2ccc(Cl)cc2)s1. The predicted molar refractivity (Wildman–Crippen MR) is 97.3 cm³/mol. The molecule has 24 heavy (non-hydrogen) atoms.